The zero-order chi connectivity index (χ0) is 21.3. The molecule has 2 heterocycles. The molecule has 0 unspecified atom stereocenters. The van der Waals surface area contributed by atoms with Crippen LogP contribution in [-0.4, -0.2) is 20.4 Å². The molecule has 1 amide bonds. The van der Waals surface area contributed by atoms with Crippen LogP contribution in [0.3, 0.4) is 0 Å². The van der Waals surface area contributed by atoms with E-state index in [1.807, 2.05) is 12.1 Å². The van der Waals surface area contributed by atoms with Gasteiger partial charge in [0.15, 0.2) is 5.82 Å². The van der Waals surface area contributed by atoms with Gasteiger partial charge in [-0.15, -0.1) is 0 Å². The van der Waals surface area contributed by atoms with Gasteiger partial charge in [0.05, 0.1) is 27.3 Å². The van der Waals surface area contributed by atoms with Gasteiger partial charge in [-0.25, -0.2) is 4.98 Å². The fourth-order valence-electron chi connectivity index (χ4n) is 3.06. The lowest BCUT2D eigenvalue weighted by Crippen LogP contribution is -2.20. The molecule has 0 saturated heterocycles. The van der Waals surface area contributed by atoms with Gasteiger partial charge < -0.3 is 9.88 Å². The molecule has 4 aromatic rings. The van der Waals surface area contributed by atoms with Crippen molar-refractivity contribution in [2.45, 2.75) is 12.7 Å². The Labute approximate surface area is 174 Å². The molecule has 30 heavy (non-hydrogen) atoms. The Bertz CT molecular complexity index is 1220. The first-order chi connectivity index (χ1) is 14.3. The quantitative estimate of drug-likeness (QED) is 0.471. The summed E-state index contributed by atoms with van der Waals surface area (Å²) in [6.45, 7) is -0.182. The average molecular weight is 431 g/mol. The Morgan fingerprint density at radius 1 is 1.07 bits per heavy atom. The second kappa shape index (κ2) is 7.79. The van der Waals surface area contributed by atoms with Crippen LogP contribution in [0.2, 0.25) is 5.02 Å². The van der Waals surface area contributed by atoms with E-state index in [2.05, 4.69) is 15.3 Å². The third-order valence-electron chi connectivity index (χ3n) is 4.42. The number of aromatic nitrogens is 3. The van der Waals surface area contributed by atoms with E-state index in [1.165, 1.54) is 0 Å². The minimum atomic E-state index is -4.54. The van der Waals surface area contributed by atoms with Crippen molar-refractivity contribution in [3.05, 3.63) is 77.4 Å². The molecule has 0 bridgehead atoms. The lowest BCUT2D eigenvalue weighted by Gasteiger charge is -2.13. The van der Waals surface area contributed by atoms with E-state index in [1.54, 1.807) is 41.1 Å². The normalized spacial score (nSPS) is 11.6. The number of benzene rings is 2. The summed E-state index contributed by atoms with van der Waals surface area (Å²) in [5, 5.41) is 2.48. The third-order valence-corrected chi connectivity index (χ3v) is 4.75. The Morgan fingerprint density at radius 2 is 1.83 bits per heavy atom. The number of fused-ring (bicyclic) bond motifs is 1. The van der Waals surface area contributed by atoms with Crippen molar-refractivity contribution in [3.63, 3.8) is 0 Å². The van der Waals surface area contributed by atoms with Gasteiger partial charge in [0.2, 0.25) is 5.91 Å². The highest BCUT2D eigenvalue weighted by Gasteiger charge is 2.31. The molecule has 0 spiro atoms. The molecule has 5 nitrogen and oxygen atoms in total. The van der Waals surface area contributed by atoms with Crippen LogP contribution >= 0.6 is 11.6 Å². The number of para-hydroxylation sites is 2. The monoisotopic (exact) mass is 430 g/mol. The van der Waals surface area contributed by atoms with Gasteiger partial charge in [-0.2, -0.15) is 13.2 Å². The first-order valence-electron chi connectivity index (χ1n) is 8.86. The summed E-state index contributed by atoms with van der Waals surface area (Å²) in [7, 11) is 0. The maximum absolute atomic E-state index is 13.0. The Balaban J connectivity index is 1.68. The van der Waals surface area contributed by atoms with Crippen LogP contribution in [0.4, 0.5) is 18.9 Å². The first-order valence-corrected chi connectivity index (χ1v) is 9.24. The van der Waals surface area contributed by atoms with Crippen molar-refractivity contribution in [1.82, 2.24) is 14.5 Å². The fourth-order valence-corrected chi connectivity index (χ4v) is 3.22. The van der Waals surface area contributed by atoms with Crippen LogP contribution in [0.25, 0.3) is 22.6 Å². The van der Waals surface area contributed by atoms with Crippen LogP contribution in [0.15, 0.2) is 66.9 Å². The van der Waals surface area contributed by atoms with Crippen LogP contribution in [0.1, 0.15) is 5.56 Å². The molecule has 2 aromatic heterocycles. The molecule has 0 fully saturated rings. The summed E-state index contributed by atoms with van der Waals surface area (Å²) in [5.41, 5.74) is 0.926. The van der Waals surface area contributed by atoms with Gasteiger partial charge >= 0.3 is 6.18 Å². The van der Waals surface area contributed by atoms with E-state index < -0.39 is 17.6 Å². The molecule has 0 aliphatic carbocycles. The van der Waals surface area contributed by atoms with Crippen LogP contribution in [-0.2, 0) is 17.5 Å². The molecule has 0 aliphatic heterocycles. The minimum absolute atomic E-state index is 0.0109. The summed E-state index contributed by atoms with van der Waals surface area (Å²) >= 11 is 5.98. The maximum atomic E-state index is 13.0. The second-order valence-corrected chi connectivity index (χ2v) is 6.87. The van der Waals surface area contributed by atoms with Crippen LogP contribution < -0.4 is 5.32 Å². The molecule has 0 atom stereocenters. The summed E-state index contributed by atoms with van der Waals surface area (Å²) in [6.07, 6.45) is -2.93. The zero-order valence-corrected chi connectivity index (χ0v) is 16.1. The molecule has 1 N–H and O–H groups in total. The largest absolute Gasteiger partial charge is 0.416 e. The SMILES string of the molecule is O=C(Cn1c(-c2ccccn2)nc2ccccc21)Nc1cc(C(F)(F)F)ccc1Cl. The lowest BCUT2D eigenvalue weighted by atomic mass is 10.2. The van der Waals surface area contributed by atoms with Crippen molar-refractivity contribution in [2.24, 2.45) is 0 Å². The van der Waals surface area contributed by atoms with Crippen molar-refractivity contribution in [3.8, 4) is 11.5 Å². The van der Waals surface area contributed by atoms with Crippen LogP contribution in [0.5, 0.6) is 0 Å². The predicted octanol–water partition coefficient (Wildman–Crippen LogP) is 5.41. The number of anilines is 1. The van der Waals surface area contributed by atoms with Crippen molar-refractivity contribution in [1.29, 1.82) is 0 Å². The minimum Gasteiger partial charge on any atom is -0.323 e. The van der Waals surface area contributed by atoms with E-state index in [4.69, 9.17) is 11.6 Å². The van der Waals surface area contributed by atoms with Gasteiger partial charge in [-0.3, -0.25) is 9.78 Å². The molecule has 2 aromatic carbocycles. The average Bonchev–Trinajstić information content (AvgIpc) is 3.08. The zero-order valence-electron chi connectivity index (χ0n) is 15.3. The van der Waals surface area contributed by atoms with E-state index in [-0.39, 0.29) is 17.3 Å². The van der Waals surface area contributed by atoms with Gasteiger partial charge in [0.25, 0.3) is 0 Å². The Morgan fingerprint density at radius 3 is 2.57 bits per heavy atom. The van der Waals surface area contributed by atoms with E-state index in [0.29, 0.717) is 22.6 Å². The molecule has 0 saturated carbocycles. The topological polar surface area (TPSA) is 59.8 Å². The van der Waals surface area contributed by atoms with Crippen molar-refractivity contribution in [2.75, 3.05) is 5.32 Å². The number of halogens is 4. The molecule has 9 heteroatoms. The van der Waals surface area contributed by atoms with Crippen LogP contribution in [0, 0.1) is 0 Å². The van der Waals surface area contributed by atoms with Gasteiger partial charge in [0.1, 0.15) is 12.2 Å². The summed E-state index contributed by atoms with van der Waals surface area (Å²) in [6, 6.07) is 15.3. The highest BCUT2D eigenvalue weighted by molar-refractivity contribution is 6.33. The first kappa shape index (κ1) is 19.9. The number of hydrogen-bond acceptors (Lipinski definition) is 3. The van der Waals surface area contributed by atoms with E-state index in [9.17, 15) is 18.0 Å². The number of carbonyl (C=O) groups excluding carboxylic acids is 1. The Kier molecular flexibility index (Phi) is 5.17. The molecule has 4 rings (SSSR count). The van der Waals surface area contributed by atoms with E-state index in [0.717, 1.165) is 18.2 Å². The molecule has 152 valence electrons. The number of pyridine rings is 1. The lowest BCUT2D eigenvalue weighted by molar-refractivity contribution is -0.137. The summed E-state index contributed by atoms with van der Waals surface area (Å²) < 4.78 is 40.6. The second-order valence-electron chi connectivity index (χ2n) is 6.47. The molecule has 0 aliphatic rings. The number of hydrogen-bond donors (Lipinski definition) is 1. The van der Waals surface area contributed by atoms with E-state index >= 15 is 0 Å². The predicted molar refractivity (Wildman–Crippen MR) is 108 cm³/mol. The fraction of sp³-hybridized carbons (Fsp3) is 0.0952. The van der Waals surface area contributed by atoms with Crippen molar-refractivity contribution < 1.29 is 18.0 Å². The third kappa shape index (κ3) is 3.99. The number of rotatable bonds is 4. The number of nitrogens with one attached hydrogen (secondary N) is 1. The highest BCUT2D eigenvalue weighted by atomic mass is 35.5. The maximum Gasteiger partial charge on any atom is 0.416 e. The number of amides is 1. The number of alkyl halides is 3. The summed E-state index contributed by atoms with van der Waals surface area (Å²) in [5.74, 6) is -0.0707. The number of imidazole rings is 1. The summed E-state index contributed by atoms with van der Waals surface area (Å²) in [4.78, 5) is 21.5. The Hall–Kier alpha value is -3.39. The number of nitrogens with zero attached hydrogens (tertiary/aromatic N) is 3. The highest BCUT2D eigenvalue weighted by Crippen LogP contribution is 2.34. The molecular formula is C21H14ClF3N4O. The van der Waals surface area contributed by atoms with Gasteiger partial charge in [-0.05, 0) is 42.5 Å². The van der Waals surface area contributed by atoms with Gasteiger partial charge in [-0.1, -0.05) is 29.8 Å². The smallest absolute Gasteiger partial charge is 0.323 e. The number of carbonyl (C=O) groups is 1. The van der Waals surface area contributed by atoms with Gasteiger partial charge in [0, 0.05) is 6.20 Å². The van der Waals surface area contributed by atoms with Crippen molar-refractivity contribution >= 4 is 34.2 Å². The molecular weight excluding hydrogens is 417 g/mol. The molecule has 0 radical (unpaired) electrons. The standard InChI is InChI=1S/C21H14ClF3N4O/c22-14-9-8-13(21(23,24)25)11-17(14)27-19(30)12-29-18-7-2-1-5-15(18)28-20(29)16-6-3-4-10-26-16/h1-11H,12H2,(H,27,30).